The van der Waals surface area contributed by atoms with Crippen LogP contribution in [0.1, 0.15) is 36.9 Å². The van der Waals surface area contributed by atoms with Gasteiger partial charge in [0.2, 0.25) is 0 Å². The van der Waals surface area contributed by atoms with Crippen molar-refractivity contribution in [3.8, 4) is 12.1 Å². The predicted molar refractivity (Wildman–Crippen MR) is 235 cm³/mol. The van der Waals surface area contributed by atoms with Crippen LogP contribution in [0.5, 0.6) is 6.01 Å². The third kappa shape index (κ3) is 10.5. The number of hydrogen-bond donors (Lipinski definition) is 1. The summed E-state index contributed by atoms with van der Waals surface area (Å²) < 4.78 is 12.3. The minimum absolute atomic E-state index is 0.216. The van der Waals surface area contributed by atoms with Gasteiger partial charge >= 0.3 is 12.1 Å². The van der Waals surface area contributed by atoms with Crippen molar-refractivity contribution in [2.75, 3.05) is 108 Å². The van der Waals surface area contributed by atoms with Gasteiger partial charge in [0.1, 0.15) is 12.4 Å². The first-order valence-corrected chi connectivity index (χ1v) is 25.6. The Hall–Kier alpha value is -3.71. The van der Waals surface area contributed by atoms with E-state index in [-0.39, 0.29) is 18.6 Å². The van der Waals surface area contributed by atoms with Gasteiger partial charge in [-0.25, -0.2) is 4.79 Å². The molecule has 2 aromatic carbocycles. The molecule has 0 bridgehead atoms. The van der Waals surface area contributed by atoms with Crippen LogP contribution in [-0.4, -0.2) is 154 Å². The fourth-order valence-electron chi connectivity index (χ4n) is 9.02. The fraction of sp³-hybridized carbons (Fsp3) is 0.628. The number of nitrogens with two attached hydrogens (primary N) is 1. The quantitative estimate of drug-likeness (QED) is 0.193. The summed E-state index contributed by atoms with van der Waals surface area (Å²) in [6.45, 7) is 20.1. The number of anilines is 2. The first-order chi connectivity index (χ1) is 28.1. The molecule has 2 atom stereocenters. The molecule has 0 unspecified atom stereocenters. The number of carbonyl (C=O) groups is 1. The predicted octanol–water partition coefficient (Wildman–Crippen LogP) is 5.53. The van der Waals surface area contributed by atoms with Crippen molar-refractivity contribution >= 4 is 48.0 Å². The van der Waals surface area contributed by atoms with E-state index in [9.17, 15) is 10.1 Å². The van der Waals surface area contributed by atoms with Crippen LogP contribution in [0.4, 0.5) is 16.3 Å². The minimum atomic E-state index is -1.36. The van der Waals surface area contributed by atoms with Gasteiger partial charge in [-0.15, -0.1) is 0 Å². The molecule has 314 valence electrons. The van der Waals surface area contributed by atoms with E-state index in [1.165, 1.54) is 0 Å². The number of rotatable bonds is 15. The van der Waals surface area contributed by atoms with E-state index >= 15 is 0 Å². The monoisotopic (exact) mass is 830 g/mol. The number of benzene rings is 2. The standard InChI is InChI=1S/C43H63ClN10O3Si/c1-58(2,3)29-28-56-43(55)54-27-26-53(30-34(54)13-15-45)41-36-14-20-52(39-12-5-9-33-8-4-11-37(44)40(33)39)31-38(36)47-42(48-41)57-32-35-10-6-18-51(35)19-7-17-49-22-24-50(21-16-46)25-23-49/h4-5,8-9,11-12,34-35H,6-7,10,13-14,16-32,46H2,1-3H3/t34-,35-/m0/s1. The Morgan fingerprint density at radius 3 is 2.48 bits per heavy atom. The molecule has 3 aromatic rings. The van der Waals surface area contributed by atoms with E-state index in [0.29, 0.717) is 51.4 Å². The highest BCUT2D eigenvalue weighted by molar-refractivity contribution is 6.76. The fourth-order valence-corrected chi connectivity index (χ4v) is 10.0. The molecule has 13 nitrogen and oxygen atoms in total. The van der Waals surface area contributed by atoms with Gasteiger partial charge in [-0.3, -0.25) is 9.80 Å². The number of fused-ring (bicyclic) bond motifs is 2. The number of ether oxygens (including phenoxy) is 2. The van der Waals surface area contributed by atoms with Crippen LogP contribution in [-0.2, 0) is 17.7 Å². The third-order valence-electron chi connectivity index (χ3n) is 12.4. The average molecular weight is 832 g/mol. The first kappa shape index (κ1) is 42.4. The largest absolute Gasteiger partial charge is 0.462 e. The lowest BCUT2D eigenvalue weighted by Gasteiger charge is -2.42. The van der Waals surface area contributed by atoms with Crippen molar-refractivity contribution < 1.29 is 14.3 Å². The summed E-state index contributed by atoms with van der Waals surface area (Å²) in [6, 6.07) is 16.0. The molecule has 0 saturated carbocycles. The normalized spacial score (nSPS) is 21.0. The zero-order chi connectivity index (χ0) is 40.6. The van der Waals surface area contributed by atoms with Gasteiger partial charge in [-0.05, 0) is 68.9 Å². The maximum atomic E-state index is 13.3. The highest BCUT2D eigenvalue weighted by Crippen LogP contribution is 2.37. The number of carbonyl (C=O) groups excluding carboxylic acids is 1. The lowest BCUT2D eigenvalue weighted by molar-refractivity contribution is 0.0859. The van der Waals surface area contributed by atoms with Gasteiger partial charge in [0.05, 0.1) is 42.4 Å². The Morgan fingerprint density at radius 2 is 1.72 bits per heavy atom. The van der Waals surface area contributed by atoms with Crippen LogP contribution in [0, 0.1) is 11.3 Å². The van der Waals surface area contributed by atoms with Crippen molar-refractivity contribution in [1.82, 2.24) is 29.6 Å². The SMILES string of the molecule is C[Si](C)(C)CCOC(=O)N1CCN(c2nc(OC[C@@H]3CCCN3CCCN3CCN(CCN)CC3)nc3c2CCN(c2cccc4cccc(Cl)c24)C3)C[C@@H]1CC#N. The smallest absolute Gasteiger partial charge is 0.410 e. The molecule has 0 radical (unpaired) electrons. The molecule has 15 heteroatoms. The molecule has 0 aliphatic carbocycles. The molecule has 4 aliphatic rings. The second kappa shape index (κ2) is 19.6. The van der Waals surface area contributed by atoms with Crippen molar-refractivity contribution in [2.45, 2.75) is 76.4 Å². The molecular weight excluding hydrogens is 768 g/mol. The number of nitriles is 1. The molecule has 4 aliphatic heterocycles. The maximum Gasteiger partial charge on any atom is 0.410 e. The lowest BCUT2D eigenvalue weighted by atomic mass is 10.0. The molecule has 1 aromatic heterocycles. The van der Waals surface area contributed by atoms with Crippen LogP contribution in [0.2, 0.25) is 30.7 Å². The van der Waals surface area contributed by atoms with Crippen LogP contribution >= 0.6 is 11.6 Å². The molecule has 2 N–H and O–H groups in total. The van der Waals surface area contributed by atoms with E-state index in [4.69, 9.17) is 36.8 Å². The summed E-state index contributed by atoms with van der Waals surface area (Å²) in [4.78, 5) is 37.6. The van der Waals surface area contributed by atoms with E-state index in [1.807, 2.05) is 12.1 Å². The van der Waals surface area contributed by atoms with Gasteiger partial charge in [0.15, 0.2) is 0 Å². The molecular formula is C43H63ClN10O3Si. The van der Waals surface area contributed by atoms with Crippen LogP contribution < -0.4 is 20.3 Å². The zero-order valence-electron chi connectivity index (χ0n) is 34.9. The molecule has 0 spiro atoms. The number of piperazine rings is 2. The second-order valence-electron chi connectivity index (χ2n) is 17.6. The Morgan fingerprint density at radius 1 is 0.948 bits per heavy atom. The maximum absolute atomic E-state index is 13.3. The summed E-state index contributed by atoms with van der Waals surface area (Å²) >= 11 is 6.81. The highest BCUT2D eigenvalue weighted by Gasteiger charge is 2.35. The Bertz CT molecular complexity index is 1900. The average Bonchev–Trinajstić information content (AvgIpc) is 3.67. The Balaban J connectivity index is 1.07. The molecule has 1 amide bonds. The molecule has 58 heavy (non-hydrogen) atoms. The molecule has 3 fully saturated rings. The number of likely N-dealkylation sites (tertiary alicyclic amines) is 1. The van der Waals surface area contributed by atoms with Crippen LogP contribution in [0.15, 0.2) is 36.4 Å². The first-order valence-electron chi connectivity index (χ1n) is 21.5. The Kier molecular flexibility index (Phi) is 14.3. The summed E-state index contributed by atoms with van der Waals surface area (Å²) in [7, 11) is -1.36. The van der Waals surface area contributed by atoms with Gasteiger partial charge in [-0.2, -0.15) is 15.2 Å². The van der Waals surface area contributed by atoms with Crippen LogP contribution in [0.3, 0.4) is 0 Å². The summed E-state index contributed by atoms with van der Waals surface area (Å²) in [6.07, 6.45) is 4.03. The van der Waals surface area contributed by atoms with Gasteiger partial charge in [0.25, 0.3) is 0 Å². The Labute approximate surface area is 351 Å². The van der Waals surface area contributed by atoms with Gasteiger partial charge in [0, 0.05) is 96.2 Å². The zero-order valence-corrected chi connectivity index (χ0v) is 36.6. The lowest BCUT2D eigenvalue weighted by Crippen LogP contribution is -2.56. The van der Waals surface area contributed by atoms with Gasteiger partial charge < -0.3 is 34.8 Å². The summed E-state index contributed by atoms with van der Waals surface area (Å²) in [5, 5.41) is 12.7. The number of amides is 1. The molecule has 7 rings (SSSR count). The van der Waals surface area contributed by atoms with Crippen molar-refractivity contribution in [3.63, 3.8) is 0 Å². The van der Waals surface area contributed by atoms with E-state index in [2.05, 4.69) is 74.5 Å². The minimum Gasteiger partial charge on any atom is -0.462 e. The molecule has 3 saturated heterocycles. The second-order valence-corrected chi connectivity index (χ2v) is 23.6. The number of aromatic nitrogens is 2. The van der Waals surface area contributed by atoms with Crippen molar-refractivity contribution in [2.24, 2.45) is 5.73 Å². The number of hydrogen-bond acceptors (Lipinski definition) is 12. The summed E-state index contributed by atoms with van der Waals surface area (Å²) in [5.41, 5.74) is 8.91. The summed E-state index contributed by atoms with van der Waals surface area (Å²) in [5.74, 6) is 0.847. The van der Waals surface area contributed by atoms with E-state index < -0.39 is 8.07 Å². The molecule has 5 heterocycles. The van der Waals surface area contributed by atoms with Crippen molar-refractivity contribution in [1.29, 1.82) is 5.26 Å². The van der Waals surface area contributed by atoms with E-state index in [0.717, 1.165) is 136 Å². The topological polar surface area (TPSA) is 131 Å². The van der Waals surface area contributed by atoms with Crippen molar-refractivity contribution in [3.05, 3.63) is 52.7 Å². The van der Waals surface area contributed by atoms with E-state index in [1.54, 1.807) is 4.90 Å². The van der Waals surface area contributed by atoms with Crippen LogP contribution in [0.25, 0.3) is 10.8 Å². The number of halogens is 1. The van der Waals surface area contributed by atoms with Gasteiger partial charge in [-0.1, -0.05) is 55.5 Å². The highest BCUT2D eigenvalue weighted by atomic mass is 35.5. The third-order valence-corrected chi connectivity index (χ3v) is 14.4. The number of nitrogens with zero attached hydrogens (tertiary/aromatic N) is 9.